The van der Waals surface area contributed by atoms with Gasteiger partial charge < -0.3 is 10.5 Å². The van der Waals surface area contributed by atoms with Crippen LogP contribution in [0.4, 0.5) is 5.69 Å². The summed E-state index contributed by atoms with van der Waals surface area (Å²) in [5.74, 6) is 0.998. The van der Waals surface area contributed by atoms with Crippen molar-refractivity contribution in [2.45, 2.75) is 11.8 Å². The van der Waals surface area contributed by atoms with E-state index >= 15 is 0 Å². The van der Waals surface area contributed by atoms with Gasteiger partial charge in [-0.25, -0.2) is 0 Å². The number of benzene rings is 1. The number of hydrogen-bond donors (Lipinski definition) is 1. The monoisotopic (exact) mass is 197 g/mol. The maximum Gasteiger partial charge on any atom is 0.0560 e. The molecule has 1 rings (SSSR count). The molecule has 1 aromatic rings. The smallest absolute Gasteiger partial charge is 0.0560 e. The van der Waals surface area contributed by atoms with Crippen molar-refractivity contribution in [2.24, 2.45) is 0 Å². The van der Waals surface area contributed by atoms with Crippen molar-refractivity contribution in [1.82, 2.24) is 0 Å². The summed E-state index contributed by atoms with van der Waals surface area (Å²) in [5.41, 5.74) is 6.38. The highest BCUT2D eigenvalue weighted by Gasteiger charge is 1.92. The molecule has 0 saturated carbocycles. The molecular formula is C10H15NOS. The number of hydrogen-bond acceptors (Lipinski definition) is 3. The van der Waals surface area contributed by atoms with Gasteiger partial charge in [0.1, 0.15) is 0 Å². The van der Waals surface area contributed by atoms with Gasteiger partial charge in [-0.15, -0.1) is 11.8 Å². The van der Waals surface area contributed by atoms with Crippen LogP contribution in [0, 0.1) is 0 Å². The minimum Gasteiger partial charge on any atom is -0.399 e. The minimum atomic E-state index is 0.794. The summed E-state index contributed by atoms with van der Waals surface area (Å²) in [6.07, 6.45) is 0. The van der Waals surface area contributed by atoms with E-state index in [9.17, 15) is 0 Å². The third-order valence-corrected chi connectivity index (χ3v) is 2.56. The summed E-state index contributed by atoms with van der Waals surface area (Å²) < 4.78 is 5.23. The standard InChI is InChI=1S/C10H15NOS/c1-2-12-7-8-13-10-5-3-9(11)4-6-10/h3-6H,2,7-8,11H2,1H3. The van der Waals surface area contributed by atoms with Gasteiger partial charge in [0.25, 0.3) is 0 Å². The summed E-state index contributed by atoms with van der Waals surface area (Å²) in [4.78, 5) is 1.24. The zero-order chi connectivity index (χ0) is 9.52. The Hall–Kier alpha value is -0.670. The summed E-state index contributed by atoms with van der Waals surface area (Å²) in [5, 5.41) is 0. The first-order valence-electron chi connectivity index (χ1n) is 4.39. The molecule has 0 amide bonds. The maximum atomic E-state index is 5.57. The summed E-state index contributed by atoms with van der Waals surface area (Å²) in [6.45, 7) is 3.61. The van der Waals surface area contributed by atoms with Gasteiger partial charge in [0.15, 0.2) is 0 Å². The molecule has 0 unspecified atom stereocenters. The second kappa shape index (κ2) is 5.89. The van der Waals surface area contributed by atoms with E-state index in [2.05, 4.69) is 0 Å². The third kappa shape index (κ3) is 4.20. The molecule has 0 bridgehead atoms. The van der Waals surface area contributed by atoms with E-state index in [1.807, 2.05) is 31.2 Å². The van der Waals surface area contributed by atoms with E-state index in [1.165, 1.54) is 4.90 Å². The lowest BCUT2D eigenvalue weighted by atomic mass is 10.3. The van der Waals surface area contributed by atoms with Gasteiger partial charge in [0, 0.05) is 22.9 Å². The zero-order valence-electron chi connectivity index (χ0n) is 7.82. The average Bonchev–Trinajstić information content (AvgIpc) is 2.15. The molecule has 2 N–H and O–H groups in total. The fourth-order valence-corrected chi connectivity index (χ4v) is 1.69. The Morgan fingerprint density at radius 3 is 2.62 bits per heavy atom. The fourth-order valence-electron chi connectivity index (χ4n) is 0.927. The molecular weight excluding hydrogens is 182 g/mol. The molecule has 0 aliphatic carbocycles. The number of anilines is 1. The molecule has 0 saturated heterocycles. The van der Waals surface area contributed by atoms with E-state index < -0.39 is 0 Å². The van der Waals surface area contributed by atoms with Gasteiger partial charge >= 0.3 is 0 Å². The van der Waals surface area contributed by atoms with Crippen molar-refractivity contribution < 1.29 is 4.74 Å². The predicted octanol–water partition coefficient (Wildman–Crippen LogP) is 2.40. The highest BCUT2D eigenvalue weighted by molar-refractivity contribution is 7.99. The zero-order valence-corrected chi connectivity index (χ0v) is 8.64. The van der Waals surface area contributed by atoms with Crippen LogP contribution >= 0.6 is 11.8 Å². The maximum absolute atomic E-state index is 5.57. The highest BCUT2D eigenvalue weighted by atomic mass is 32.2. The number of ether oxygens (including phenoxy) is 1. The second-order valence-corrected chi connectivity index (χ2v) is 3.78. The van der Waals surface area contributed by atoms with Gasteiger partial charge in [-0.2, -0.15) is 0 Å². The lowest BCUT2D eigenvalue weighted by Gasteiger charge is -2.01. The normalized spacial score (nSPS) is 10.2. The molecule has 0 atom stereocenters. The van der Waals surface area contributed by atoms with Gasteiger partial charge in [0.05, 0.1) is 6.61 Å². The molecule has 0 aliphatic heterocycles. The van der Waals surface area contributed by atoms with Gasteiger partial charge in [-0.05, 0) is 31.2 Å². The Morgan fingerprint density at radius 2 is 2.00 bits per heavy atom. The van der Waals surface area contributed by atoms with E-state index in [0.29, 0.717) is 0 Å². The van der Waals surface area contributed by atoms with Crippen molar-refractivity contribution in [2.75, 3.05) is 24.7 Å². The van der Waals surface area contributed by atoms with Crippen molar-refractivity contribution >= 4 is 17.4 Å². The van der Waals surface area contributed by atoms with Gasteiger partial charge in [-0.3, -0.25) is 0 Å². The van der Waals surface area contributed by atoms with Crippen LogP contribution in [-0.4, -0.2) is 19.0 Å². The minimum absolute atomic E-state index is 0.794. The van der Waals surface area contributed by atoms with Crippen LogP contribution < -0.4 is 5.73 Å². The molecule has 0 spiro atoms. The lowest BCUT2D eigenvalue weighted by Crippen LogP contribution is -1.95. The third-order valence-electron chi connectivity index (χ3n) is 1.58. The highest BCUT2D eigenvalue weighted by Crippen LogP contribution is 2.18. The van der Waals surface area contributed by atoms with Crippen LogP contribution in [0.25, 0.3) is 0 Å². The Kier molecular flexibility index (Phi) is 4.72. The summed E-state index contributed by atoms with van der Waals surface area (Å²) >= 11 is 1.79. The molecule has 0 radical (unpaired) electrons. The predicted molar refractivity (Wildman–Crippen MR) is 58.1 cm³/mol. The average molecular weight is 197 g/mol. The Bertz CT molecular complexity index is 235. The molecule has 0 aromatic heterocycles. The molecule has 0 heterocycles. The van der Waals surface area contributed by atoms with Gasteiger partial charge in [0.2, 0.25) is 0 Å². The Morgan fingerprint density at radius 1 is 1.31 bits per heavy atom. The van der Waals surface area contributed by atoms with E-state index in [-0.39, 0.29) is 0 Å². The lowest BCUT2D eigenvalue weighted by molar-refractivity contribution is 0.164. The quantitative estimate of drug-likeness (QED) is 0.447. The molecule has 2 nitrogen and oxygen atoms in total. The molecule has 0 aliphatic rings. The van der Waals surface area contributed by atoms with E-state index in [0.717, 1.165) is 24.7 Å². The summed E-state index contributed by atoms with van der Waals surface area (Å²) in [7, 11) is 0. The fraction of sp³-hybridized carbons (Fsp3) is 0.400. The largest absolute Gasteiger partial charge is 0.399 e. The number of nitrogen functional groups attached to an aromatic ring is 1. The molecule has 13 heavy (non-hydrogen) atoms. The first-order chi connectivity index (χ1) is 6.33. The van der Waals surface area contributed by atoms with Crippen LogP contribution in [0.2, 0.25) is 0 Å². The van der Waals surface area contributed by atoms with Crippen molar-refractivity contribution in [3.05, 3.63) is 24.3 Å². The topological polar surface area (TPSA) is 35.2 Å². The Balaban J connectivity index is 2.25. The van der Waals surface area contributed by atoms with Crippen molar-refractivity contribution in [3.63, 3.8) is 0 Å². The van der Waals surface area contributed by atoms with E-state index in [1.54, 1.807) is 11.8 Å². The molecule has 1 aromatic carbocycles. The number of thioether (sulfide) groups is 1. The molecule has 3 heteroatoms. The van der Waals surface area contributed by atoms with Crippen LogP contribution in [0.1, 0.15) is 6.92 Å². The first-order valence-corrected chi connectivity index (χ1v) is 5.37. The SMILES string of the molecule is CCOCCSc1ccc(N)cc1. The molecule has 0 fully saturated rings. The molecule has 72 valence electrons. The second-order valence-electron chi connectivity index (χ2n) is 2.61. The number of rotatable bonds is 5. The summed E-state index contributed by atoms with van der Waals surface area (Å²) in [6, 6.07) is 7.91. The van der Waals surface area contributed by atoms with Gasteiger partial charge in [-0.1, -0.05) is 0 Å². The first kappa shape index (κ1) is 10.4. The number of nitrogens with two attached hydrogens (primary N) is 1. The van der Waals surface area contributed by atoms with Crippen molar-refractivity contribution in [3.8, 4) is 0 Å². The van der Waals surface area contributed by atoms with Crippen LogP contribution in [-0.2, 0) is 4.74 Å². The Labute approximate surface area is 83.5 Å². The van der Waals surface area contributed by atoms with Crippen molar-refractivity contribution in [1.29, 1.82) is 0 Å². The van der Waals surface area contributed by atoms with E-state index in [4.69, 9.17) is 10.5 Å². The van der Waals surface area contributed by atoms with Crippen LogP contribution in [0.3, 0.4) is 0 Å². The van der Waals surface area contributed by atoms with Crippen LogP contribution in [0.5, 0.6) is 0 Å². The van der Waals surface area contributed by atoms with Crippen LogP contribution in [0.15, 0.2) is 29.2 Å².